The maximum atomic E-state index is 2.81. The van der Waals surface area contributed by atoms with Crippen LogP contribution in [0.5, 0.6) is 0 Å². The highest BCUT2D eigenvalue weighted by molar-refractivity contribution is 5.96. The summed E-state index contributed by atoms with van der Waals surface area (Å²) in [6.07, 6.45) is 28.4. The van der Waals surface area contributed by atoms with Crippen molar-refractivity contribution in [3.8, 4) is 0 Å². The number of nitrogens with zero attached hydrogens (tertiary/aromatic N) is 2. The quantitative estimate of drug-likeness (QED) is 0.237. The molecule has 1 saturated heterocycles. The lowest BCUT2D eigenvalue weighted by atomic mass is 9.69. The van der Waals surface area contributed by atoms with Crippen LogP contribution < -0.4 is 0 Å². The van der Waals surface area contributed by atoms with Gasteiger partial charge in [0, 0.05) is 48.5 Å². The summed E-state index contributed by atoms with van der Waals surface area (Å²) in [6.45, 7) is 17.2. The van der Waals surface area contributed by atoms with E-state index < -0.39 is 0 Å². The zero-order valence-corrected chi connectivity index (χ0v) is 24.0. The minimum Gasteiger partial charge on any atom is -0.371 e. The first kappa shape index (κ1) is 26.7. The molecule has 0 radical (unpaired) electrons. The van der Waals surface area contributed by atoms with E-state index in [1.54, 1.807) is 11.4 Å². The predicted molar refractivity (Wildman–Crippen MR) is 152 cm³/mol. The highest BCUT2D eigenvalue weighted by Gasteiger charge is 2.54. The molecule has 2 nitrogen and oxygen atoms in total. The molecule has 2 aliphatic carbocycles. The number of hydrogen-bond acceptors (Lipinski definition) is 1. The van der Waals surface area contributed by atoms with Gasteiger partial charge >= 0.3 is 0 Å². The lowest BCUT2D eigenvalue weighted by Crippen LogP contribution is -2.35. The smallest absolute Gasteiger partial charge is 0.182 e. The van der Waals surface area contributed by atoms with Gasteiger partial charge in [0.2, 0.25) is 0 Å². The standard InChI is InChI=1S/C33H55N2/c1-7-9-24-34-28-20-16-14-18-26(28)32(3,4)30(34)22-12-11-13-23-31-33(5,6)27-19-15-17-21-29(27)35(31)25-10-8-2/h11-13,22-23,26-29H,7-10,14-21,24-25H2,1-6H3/q+1/t26-,27-,28-,29+/m0/s1. The first-order chi connectivity index (χ1) is 16.8. The van der Waals surface area contributed by atoms with Crippen LogP contribution in [0, 0.1) is 22.7 Å². The van der Waals surface area contributed by atoms with Crippen molar-refractivity contribution >= 4 is 5.71 Å². The molecular formula is C33H55N2+. The van der Waals surface area contributed by atoms with Crippen LogP contribution in [0.4, 0.5) is 0 Å². The van der Waals surface area contributed by atoms with Gasteiger partial charge in [-0.3, -0.25) is 0 Å². The molecular weight excluding hydrogens is 424 g/mol. The topological polar surface area (TPSA) is 6.25 Å². The van der Waals surface area contributed by atoms with E-state index in [1.807, 2.05) is 0 Å². The van der Waals surface area contributed by atoms with Gasteiger partial charge in [0.1, 0.15) is 6.54 Å². The molecule has 0 aromatic carbocycles. The van der Waals surface area contributed by atoms with Crippen molar-refractivity contribution in [2.24, 2.45) is 22.7 Å². The zero-order chi connectivity index (χ0) is 25.1. The Morgan fingerprint density at radius 3 is 2.23 bits per heavy atom. The van der Waals surface area contributed by atoms with Crippen molar-refractivity contribution in [3.63, 3.8) is 0 Å². The molecule has 196 valence electrons. The molecule has 2 heteroatoms. The van der Waals surface area contributed by atoms with Gasteiger partial charge in [-0.05, 0) is 57.9 Å². The fourth-order valence-corrected chi connectivity index (χ4v) is 8.34. The molecule has 4 rings (SSSR count). The van der Waals surface area contributed by atoms with E-state index in [0.29, 0.717) is 10.8 Å². The Morgan fingerprint density at radius 1 is 0.800 bits per heavy atom. The molecule has 35 heavy (non-hydrogen) atoms. The van der Waals surface area contributed by atoms with E-state index in [-0.39, 0.29) is 0 Å². The van der Waals surface area contributed by atoms with E-state index >= 15 is 0 Å². The zero-order valence-electron chi connectivity index (χ0n) is 24.0. The van der Waals surface area contributed by atoms with E-state index in [9.17, 15) is 0 Å². The van der Waals surface area contributed by atoms with E-state index in [1.165, 1.54) is 90.1 Å². The van der Waals surface area contributed by atoms with E-state index in [0.717, 1.165) is 23.9 Å². The Balaban J connectivity index is 1.55. The second-order valence-corrected chi connectivity index (χ2v) is 13.1. The summed E-state index contributed by atoms with van der Waals surface area (Å²) < 4.78 is 2.81. The molecule has 0 spiro atoms. The third kappa shape index (κ3) is 5.24. The summed E-state index contributed by atoms with van der Waals surface area (Å²) in [6, 6.07) is 1.54. The maximum Gasteiger partial charge on any atom is 0.182 e. The van der Waals surface area contributed by atoms with Crippen molar-refractivity contribution in [2.75, 3.05) is 13.1 Å². The van der Waals surface area contributed by atoms with Gasteiger partial charge in [-0.25, -0.2) is 4.58 Å². The van der Waals surface area contributed by atoms with Gasteiger partial charge in [0.15, 0.2) is 11.8 Å². The maximum absolute atomic E-state index is 2.81. The van der Waals surface area contributed by atoms with Gasteiger partial charge in [-0.1, -0.05) is 78.0 Å². The van der Waals surface area contributed by atoms with Gasteiger partial charge < -0.3 is 4.90 Å². The highest BCUT2D eigenvalue weighted by Crippen LogP contribution is 2.53. The molecule has 3 fully saturated rings. The largest absolute Gasteiger partial charge is 0.371 e. The average Bonchev–Trinajstić information content (AvgIpc) is 3.20. The Bertz CT molecular complexity index is 839. The van der Waals surface area contributed by atoms with E-state index in [2.05, 4.69) is 81.4 Å². The minimum atomic E-state index is 0.293. The van der Waals surface area contributed by atoms with Crippen LogP contribution in [-0.2, 0) is 0 Å². The molecule has 2 saturated carbocycles. The highest BCUT2D eigenvalue weighted by atomic mass is 15.2. The molecule has 4 atom stereocenters. The molecule has 0 aromatic heterocycles. The summed E-state index contributed by atoms with van der Waals surface area (Å²) in [5.41, 5.74) is 3.78. The van der Waals surface area contributed by atoms with Crippen molar-refractivity contribution < 1.29 is 4.58 Å². The fourth-order valence-electron chi connectivity index (χ4n) is 8.34. The summed E-state index contributed by atoms with van der Waals surface area (Å²) in [7, 11) is 0. The second kappa shape index (κ2) is 11.4. The van der Waals surface area contributed by atoms with Crippen LogP contribution in [0.3, 0.4) is 0 Å². The molecule has 2 aliphatic heterocycles. The Hall–Kier alpha value is -1.31. The van der Waals surface area contributed by atoms with Crippen LogP contribution in [0.2, 0.25) is 0 Å². The second-order valence-electron chi connectivity index (χ2n) is 13.1. The first-order valence-corrected chi connectivity index (χ1v) is 15.3. The number of rotatable bonds is 9. The van der Waals surface area contributed by atoms with Gasteiger partial charge in [0.05, 0.1) is 5.41 Å². The van der Waals surface area contributed by atoms with Crippen molar-refractivity contribution in [1.82, 2.24) is 4.90 Å². The fraction of sp³-hybridized carbons (Fsp3) is 0.788. The van der Waals surface area contributed by atoms with Crippen molar-refractivity contribution in [1.29, 1.82) is 0 Å². The first-order valence-electron chi connectivity index (χ1n) is 15.3. The van der Waals surface area contributed by atoms with Crippen LogP contribution in [0.15, 0.2) is 36.1 Å². The van der Waals surface area contributed by atoms with Crippen LogP contribution >= 0.6 is 0 Å². The minimum absolute atomic E-state index is 0.293. The molecule has 0 bridgehead atoms. The number of allylic oxidation sites excluding steroid dienone is 6. The summed E-state index contributed by atoms with van der Waals surface area (Å²) in [5.74, 6) is 1.65. The number of hydrogen-bond donors (Lipinski definition) is 0. The monoisotopic (exact) mass is 479 g/mol. The SMILES string of the molecule is CCCCN1/C(=C/C=C/C=C/C2=[N+](CCCC)[C@@H]3CCCC[C@@H]3C2(C)C)C(C)(C)[C@H]2CCCC[C@@H]21. The van der Waals surface area contributed by atoms with Crippen molar-refractivity contribution in [2.45, 2.75) is 131 Å². The van der Waals surface area contributed by atoms with Crippen molar-refractivity contribution in [3.05, 3.63) is 36.1 Å². The summed E-state index contributed by atoms with van der Waals surface area (Å²) >= 11 is 0. The molecule has 0 unspecified atom stereocenters. The van der Waals surface area contributed by atoms with Gasteiger partial charge in [-0.15, -0.1) is 0 Å². The third-order valence-electron chi connectivity index (χ3n) is 10.3. The summed E-state index contributed by atoms with van der Waals surface area (Å²) in [4.78, 5) is 2.81. The molecule has 0 N–H and O–H groups in total. The molecule has 4 aliphatic rings. The van der Waals surface area contributed by atoms with E-state index in [4.69, 9.17) is 0 Å². The summed E-state index contributed by atoms with van der Waals surface area (Å²) in [5, 5.41) is 0. The number of unbranched alkanes of at least 4 members (excludes halogenated alkanes) is 2. The van der Waals surface area contributed by atoms with Crippen LogP contribution in [0.1, 0.15) is 119 Å². The molecule has 2 heterocycles. The van der Waals surface area contributed by atoms with Gasteiger partial charge in [0.25, 0.3) is 0 Å². The predicted octanol–water partition coefficient (Wildman–Crippen LogP) is 8.54. The number of fused-ring (bicyclic) bond motifs is 2. The molecule has 0 aromatic rings. The molecule has 0 amide bonds. The normalized spacial score (nSPS) is 33.3. The Labute approximate surface area is 217 Å². The third-order valence-corrected chi connectivity index (χ3v) is 10.3. The van der Waals surface area contributed by atoms with Crippen LogP contribution in [-0.4, -0.2) is 40.4 Å². The average molecular weight is 480 g/mol. The van der Waals surface area contributed by atoms with Crippen LogP contribution in [0.25, 0.3) is 0 Å². The lowest BCUT2D eigenvalue weighted by Gasteiger charge is -2.34. The Kier molecular flexibility index (Phi) is 8.70. The number of likely N-dealkylation sites (tertiary alicyclic amines) is 1. The lowest BCUT2D eigenvalue weighted by molar-refractivity contribution is -0.566. The van der Waals surface area contributed by atoms with Gasteiger partial charge in [-0.2, -0.15) is 0 Å². The Morgan fingerprint density at radius 2 is 1.49 bits per heavy atom.